The molecule has 0 radical (unpaired) electrons. The number of ether oxygens (including phenoxy) is 1. The number of nitrogen functional groups attached to an aromatic ring is 1. The Kier molecular flexibility index (Phi) is 1.93. The van der Waals surface area contributed by atoms with Crippen molar-refractivity contribution in [2.45, 2.75) is 12.8 Å². The van der Waals surface area contributed by atoms with Crippen LogP contribution in [0.25, 0.3) is 0 Å². The summed E-state index contributed by atoms with van der Waals surface area (Å²) in [6.07, 6.45) is 5.86. The zero-order valence-corrected chi connectivity index (χ0v) is 8.94. The summed E-state index contributed by atoms with van der Waals surface area (Å²) in [5.74, 6) is 2.22. The molecule has 0 bridgehead atoms. The molecule has 1 heterocycles. The fourth-order valence-electron chi connectivity index (χ4n) is 2.28. The van der Waals surface area contributed by atoms with Crippen LogP contribution in [-0.4, -0.2) is 0 Å². The van der Waals surface area contributed by atoms with Crippen LogP contribution in [0.2, 0.25) is 0 Å². The quantitative estimate of drug-likeness (QED) is 0.649. The van der Waals surface area contributed by atoms with E-state index in [-0.39, 0.29) is 5.92 Å². The largest absolute Gasteiger partial charge is 0.461 e. The van der Waals surface area contributed by atoms with Gasteiger partial charge in [0.15, 0.2) is 0 Å². The van der Waals surface area contributed by atoms with Crippen LogP contribution in [0.5, 0.6) is 5.75 Å². The first-order valence-electron chi connectivity index (χ1n) is 5.45. The Morgan fingerprint density at radius 3 is 3.00 bits per heavy atom. The summed E-state index contributed by atoms with van der Waals surface area (Å²) < 4.78 is 5.84. The van der Waals surface area contributed by atoms with E-state index in [1.165, 1.54) is 0 Å². The van der Waals surface area contributed by atoms with E-state index in [2.05, 4.69) is 12.2 Å². The highest BCUT2D eigenvalue weighted by Gasteiger charge is 2.25. The van der Waals surface area contributed by atoms with Gasteiger partial charge in [-0.2, -0.15) is 0 Å². The van der Waals surface area contributed by atoms with Gasteiger partial charge in [0.05, 0.1) is 0 Å². The summed E-state index contributed by atoms with van der Waals surface area (Å²) in [4.78, 5) is 0. The molecule has 1 aromatic carbocycles. The van der Waals surface area contributed by atoms with Gasteiger partial charge in [0.25, 0.3) is 0 Å². The van der Waals surface area contributed by atoms with Crippen molar-refractivity contribution in [2.75, 3.05) is 5.73 Å². The van der Waals surface area contributed by atoms with Gasteiger partial charge in [-0.15, -0.1) is 0 Å². The highest BCUT2D eigenvalue weighted by molar-refractivity contribution is 5.50. The van der Waals surface area contributed by atoms with Crippen LogP contribution in [0.15, 0.2) is 41.8 Å². The van der Waals surface area contributed by atoms with Gasteiger partial charge in [-0.3, -0.25) is 0 Å². The molecule has 3 nitrogen and oxygen atoms in total. The lowest BCUT2D eigenvalue weighted by Crippen LogP contribution is -2.21. The average molecular weight is 214 g/mol. The number of nitrogens with two attached hydrogens (primary N) is 2. The van der Waals surface area contributed by atoms with Crippen LogP contribution >= 0.6 is 0 Å². The molecule has 0 aromatic heterocycles. The number of rotatable bonds is 0. The van der Waals surface area contributed by atoms with Crippen molar-refractivity contribution >= 4 is 5.69 Å². The number of hydrogen-bond donors (Lipinski definition) is 2. The standard InChI is InChI=1S/C13H14N2O/c14-10-1-3-12-8(6-10)5-9-7-11(15)2-4-13(9)16-12/h1,3-4,6-7,9H,2,5,14-15H2. The number of hydrogen-bond acceptors (Lipinski definition) is 3. The highest BCUT2D eigenvalue weighted by atomic mass is 16.5. The minimum atomic E-state index is 0.281. The van der Waals surface area contributed by atoms with E-state index in [0.29, 0.717) is 0 Å². The van der Waals surface area contributed by atoms with Crippen LogP contribution in [0, 0.1) is 5.92 Å². The molecule has 0 saturated carbocycles. The molecule has 0 saturated heterocycles. The van der Waals surface area contributed by atoms with Gasteiger partial charge in [-0.25, -0.2) is 0 Å². The van der Waals surface area contributed by atoms with E-state index >= 15 is 0 Å². The molecule has 1 aromatic rings. The molecule has 4 N–H and O–H groups in total. The molecular weight excluding hydrogens is 200 g/mol. The van der Waals surface area contributed by atoms with Gasteiger partial charge in [-0.05, 0) is 36.3 Å². The van der Waals surface area contributed by atoms with Gasteiger partial charge < -0.3 is 16.2 Å². The molecule has 1 aliphatic heterocycles. The molecule has 3 rings (SSSR count). The molecule has 2 aliphatic rings. The minimum Gasteiger partial charge on any atom is -0.461 e. The third-order valence-corrected chi connectivity index (χ3v) is 3.07. The maximum atomic E-state index is 5.84. The van der Waals surface area contributed by atoms with Crippen LogP contribution < -0.4 is 16.2 Å². The Balaban J connectivity index is 2.01. The van der Waals surface area contributed by atoms with E-state index < -0.39 is 0 Å². The molecule has 0 amide bonds. The normalized spacial score (nSPS) is 22.4. The van der Waals surface area contributed by atoms with Gasteiger partial charge in [0.1, 0.15) is 11.5 Å². The number of anilines is 1. The Morgan fingerprint density at radius 1 is 1.25 bits per heavy atom. The van der Waals surface area contributed by atoms with Crippen LogP contribution in [-0.2, 0) is 6.42 Å². The van der Waals surface area contributed by atoms with E-state index in [0.717, 1.165) is 41.3 Å². The number of fused-ring (bicyclic) bond motifs is 2. The van der Waals surface area contributed by atoms with Crippen molar-refractivity contribution in [3.05, 3.63) is 47.4 Å². The summed E-state index contributed by atoms with van der Waals surface area (Å²) in [6, 6.07) is 5.78. The third kappa shape index (κ3) is 1.45. The summed E-state index contributed by atoms with van der Waals surface area (Å²) in [6.45, 7) is 0. The van der Waals surface area contributed by atoms with E-state index in [4.69, 9.17) is 16.2 Å². The Hall–Kier alpha value is -1.90. The summed E-state index contributed by atoms with van der Waals surface area (Å²) >= 11 is 0. The molecule has 82 valence electrons. The topological polar surface area (TPSA) is 61.3 Å². The van der Waals surface area contributed by atoms with E-state index in [1.807, 2.05) is 18.2 Å². The lowest BCUT2D eigenvalue weighted by molar-refractivity contribution is 0.336. The monoisotopic (exact) mass is 214 g/mol. The molecule has 1 atom stereocenters. The average Bonchev–Trinajstić information content (AvgIpc) is 2.26. The van der Waals surface area contributed by atoms with Crippen LogP contribution in [0.1, 0.15) is 12.0 Å². The summed E-state index contributed by atoms with van der Waals surface area (Å²) in [5, 5.41) is 0. The predicted octanol–water partition coefficient (Wildman–Crippen LogP) is 1.95. The van der Waals surface area contributed by atoms with Crippen molar-refractivity contribution in [2.24, 2.45) is 11.7 Å². The molecule has 0 fully saturated rings. The van der Waals surface area contributed by atoms with Gasteiger partial charge in [0, 0.05) is 23.7 Å². The zero-order valence-electron chi connectivity index (χ0n) is 8.94. The second-order valence-electron chi connectivity index (χ2n) is 4.33. The second kappa shape index (κ2) is 3.30. The molecule has 16 heavy (non-hydrogen) atoms. The summed E-state index contributed by atoms with van der Waals surface area (Å²) in [7, 11) is 0. The van der Waals surface area contributed by atoms with Gasteiger partial charge >= 0.3 is 0 Å². The van der Waals surface area contributed by atoms with Crippen molar-refractivity contribution < 1.29 is 4.74 Å². The fraction of sp³-hybridized carbons (Fsp3) is 0.231. The van der Waals surface area contributed by atoms with Crippen molar-refractivity contribution in [1.29, 1.82) is 0 Å². The van der Waals surface area contributed by atoms with Gasteiger partial charge in [-0.1, -0.05) is 6.08 Å². The second-order valence-corrected chi connectivity index (χ2v) is 4.33. The highest BCUT2D eigenvalue weighted by Crippen LogP contribution is 2.36. The SMILES string of the molecule is NC1=CC2Cc3cc(N)ccc3OC2=CC1. The Labute approximate surface area is 94.4 Å². The van der Waals surface area contributed by atoms with Crippen molar-refractivity contribution in [3.8, 4) is 5.75 Å². The van der Waals surface area contributed by atoms with Gasteiger partial charge in [0.2, 0.25) is 0 Å². The first-order valence-corrected chi connectivity index (χ1v) is 5.45. The van der Waals surface area contributed by atoms with Crippen molar-refractivity contribution in [1.82, 2.24) is 0 Å². The molecule has 3 heteroatoms. The predicted molar refractivity (Wildman–Crippen MR) is 63.6 cm³/mol. The van der Waals surface area contributed by atoms with E-state index in [9.17, 15) is 0 Å². The van der Waals surface area contributed by atoms with E-state index in [1.54, 1.807) is 0 Å². The van der Waals surface area contributed by atoms with Crippen molar-refractivity contribution in [3.63, 3.8) is 0 Å². The molecule has 1 unspecified atom stereocenters. The molecule has 1 aliphatic carbocycles. The fourth-order valence-corrected chi connectivity index (χ4v) is 2.28. The smallest absolute Gasteiger partial charge is 0.130 e. The molecular formula is C13H14N2O. The summed E-state index contributed by atoms with van der Waals surface area (Å²) in [5.41, 5.74) is 14.5. The first kappa shape index (κ1) is 9.33. The number of benzene rings is 1. The maximum Gasteiger partial charge on any atom is 0.130 e. The molecule has 0 spiro atoms. The first-order chi connectivity index (χ1) is 7.72. The Morgan fingerprint density at radius 2 is 2.12 bits per heavy atom. The lowest BCUT2D eigenvalue weighted by Gasteiger charge is -2.28. The number of allylic oxidation sites excluding steroid dienone is 2. The maximum absolute atomic E-state index is 5.84. The van der Waals surface area contributed by atoms with Crippen LogP contribution in [0.3, 0.4) is 0 Å². The third-order valence-electron chi connectivity index (χ3n) is 3.07. The minimum absolute atomic E-state index is 0.281. The lowest BCUT2D eigenvalue weighted by atomic mass is 9.89. The van der Waals surface area contributed by atoms with Crippen LogP contribution in [0.4, 0.5) is 5.69 Å². The zero-order chi connectivity index (χ0) is 11.1. The Bertz CT molecular complexity index is 503.